The lowest BCUT2D eigenvalue weighted by atomic mass is 10.3. The van der Waals surface area contributed by atoms with Crippen LogP contribution in [0.3, 0.4) is 0 Å². The largest absolute Gasteiger partial charge is 0.402 e. The van der Waals surface area contributed by atoms with Crippen molar-refractivity contribution in [3.05, 3.63) is 33.6 Å². The van der Waals surface area contributed by atoms with E-state index in [4.69, 9.17) is 4.42 Å². The molecule has 0 saturated heterocycles. The molecule has 0 fully saturated rings. The predicted octanol–water partition coefficient (Wildman–Crippen LogP) is 3.18. The third-order valence-corrected chi connectivity index (χ3v) is 4.03. The van der Waals surface area contributed by atoms with E-state index in [9.17, 15) is 0 Å². The molecule has 0 bridgehead atoms. The number of aryl methyl sites for hydroxylation is 1. The molecule has 3 heterocycles. The number of nitrogens with zero attached hydrogens (tertiary/aromatic N) is 3. The lowest BCUT2D eigenvalue weighted by Gasteiger charge is -1.96. The van der Waals surface area contributed by atoms with Crippen LogP contribution < -0.4 is 5.32 Å². The van der Waals surface area contributed by atoms with Gasteiger partial charge in [0.1, 0.15) is 0 Å². The summed E-state index contributed by atoms with van der Waals surface area (Å²) in [6.07, 6.45) is 0. The first-order valence-corrected chi connectivity index (χ1v) is 7.14. The smallest absolute Gasteiger partial charge is 0.316 e. The van der Waals surface area contributed by atoms with E-state index in [1.807, 2.05) is 23.8 Å². The summed E-state index contributed by atoms with van der Waals surface area (Å²) in [5.41, 5.74) is 3.91. The highest BCUT2D eigenvalue weighted by atomic mass is 32.1. The topological polar surface area (TPSA) is 63.8 Å². The first-order valence-electron chi connectivity index (χ1n) is 5.32. The van der Waals surface area contributed by atoms with Gasteiger partial charge in [-0.25, -0.2) is 4.98 Å². The van der Waals surface area contributed by atoms with E-state index >= 15 is 0 Å². The average molecular weight is 278 g/mol. The molecule has 92 valence electrons. The SMILES string of the molecule is Cc1ccsc1-c1nnc(NCc2cscn2)o1. The fraction of sp³-hybridized carbons (Fsp3) is 0.182. The average Bonchev–Trinajstić information content (AvgIpc) is 3.07. The van der Waals surface area contributed by atoms with Crippen molar-refractivity contribution < 1.29 is 4.42 Å². The second-order valence-electron chi connectivity index (χ2n) is 3.68. The van der Waals surface area contributed by atoms with Crippen LogP contribution in [0.15, 0.2) is 26.8 Å². The minimum Gasteiger partial charge on any atom is -0.402 e. The van der Waals surface area contributed by atoms with Gasteiger partial charge in [-0.2, -0.15) is 0 Å². The summed E-state index contributed by atoms with van der Waals surface area (Å²) in [5, 5.41) is 15.0. The lowest BCUT2D eigenvalue weighted by molar-refractivity contribution is 0.581. The first-order chi connectivity index (χ1) is 8.83. The fourth-order valence-corrected chi connectivity index (χ4v) is 2.87. The van der Waals surface area contributed by atoms with Gasteiger partial charge < -0.3 is 9.73 Å². The van der Waals surface area contributed by atoms with Crippen molar-refractivity contribution in [2.24, 2.45) is 0 Å². The molecule has 0 aliphatic rings. The zero-order valence-corrected chi connectivity index (χ0v) is 11.2. The highest BCUT2D eigenvalue weighted by Gasteiger charge is 2.11. The molecule has 3 aromatic heterocycles. The molecule has 1 N–H and O–H groups in total. The van der Waals surface area contributed by atoms with Gasteiger partial charge in [0.25, 0.3) is 5.89 Å². The van der Waals surface area contributed by atoms with Crippen molar-refractivity contribution in [3.8, 4) is 10.8 Å². The summed E-state index contributed by atoms with van der Waals surface area (Å²) in [6.45, 7) is 2.62. The number of rotatable bonds is 4. The van der Waals surface area contributed by atoms with Crippen LogP contribution in [0, 0.1) is 6.92 Å². The van der Waals surface area contributed by atoms with Crippen molar-refractivity contribution in [3.63, 3.8) is 0 Å². The summed E-state index contributed by atoms with van der Waals surface area (Å²) >= 11 is 3.16. The van der Waals surface area contributed by atoms with Crippen LogP contribution in [-0.4, -0.2) is 15.2 Å². The van der Waals surface area contributed by atoms with Crippen LogP contribution >= 0.6 is 22.7 Å². The van der Waals surface area contributed by atoms with E-state index in [2.05, 4.69) is 20.5 Å². The summed E-state index contributed by atoms with van der Waals surface area (Å²) in [6, 6.07) is 2.46. The van der Waals surface area contributed by atoms with Crippen LogP contribution in [0.2, 0.25) is 0 Å². The highest BCUT2D eigenvalue weighted by molar-refractivity contribution is 7.13. The maximum absolute atomic E-state index is 5.56. The van der Waals surface area contributed by atoms with Gasteiger partial charge in [0, 0.05) is 5.38 Å². The molecule has 5 nitrogen and oxygen atoms in total. The van der Waals surface area contributed by atoms with E-state index in [1.54, 1.807) is 28.2 Å². The molecule has 0 saturated carbocycles. The molecule has 0 unspecified atom stereocenters. The Balaban J connectivity index is 1.72. The van der Waals surface area contributed by atoms with Crippen molar-refractivity contribution in [1.82, 2.24) is 15.2 Å². The second-order valence-corrected chi connectivity index (χ2v) is 5.31. The maximum Gasteiger partial charge on any atom is 0.316 e. The Morgan fingerprint density at radius 3 is 3.06 bits per heavy atom. The fourth-order valence-electron chi connectivity index (χ4n) is 1.47. The molecule has 18 heavy (non-hydrogen) atoms. The van der Waals surface area contributed by atoms with Gasteiger partial charge >= 0.3 is 6.01 Å². The van der Waals surface area contributed by atoms with E-state index in [-0.39, 0.29) is 0 Å². The molecular weight excluding hydrogens is 268 g/mol. The van der Waals surface area contributed by atoms with E-state index in [0.29, 0.717) is 18.5 Å². The standard InChI is InChI=1S/C11H10N4OS2/c1-7-2-3-18-9(7)10-14-15-11(16-10)12-4-8-5-17-6-13-8/h2-3,5-6H,4H2,1H3,(H,12,15). The molecule has 0 radical (unpaired) electrons. The molecule has 0 aromatic carbocycles. The minimum absolute atomic E-state index is 0.422. The van der Waals surface area contributed by atoms with Crippen molar-refractivity contribution in [1.29, 1.82) is 0 Å². The number of anilines is 1. The van der Waals surface area contributed by atoms with Gasteiger partial charge in [0.05, 0.1) is 22.6 Å². The van der Waals surface area contributed by atoms with Crippen molar-refractivity contribution in [2.75, 3.05) is 5.32 Å². The molecule has 0 spiro atoms. The zero-order chi connectivity index (χ0) is 12.4. The molecule has 3 rings (SSSR count). The van der Waals surface area contributed by atoms with Crippen LogP contribution in [0.1, 0.15) is 11.3 Å². The summed E-state index contributed by atoms with van der Waals surface area (Å²) in [7, 11) is 0. The number of thiophene rings is 1. The van der Waals surface area contributed by atoms with Gasteiger partial charge in [-0.05, 0) is 23.9 Å². The predicted molar refractivity (Wildman–Crippen MR) is 71.8 cm³/mol. The molecule has 0 atom stereocenters. The van der Waals surface area contributed by atoms with Crippen LogP contribution in [-0.2, 0) is 6.54 Å². The summed E-state index contributed by atoms with van der Waals surface area (Å²) in [5.74, 6) is 0.559. The third-order valence-electron chi connectivity index (χ3n) is 2.39. The summed E-state index contributed by atoms with van der Waals surface area (Å²) < 4.78 is 5.56. The quantitative estimate of drug-likeness (QED) is 0.794. The van der Waals surface area contributed by atoms with Crippen molar-refractivity contribution >= 4 is 28.7 Å². The number of hydrogen-bond donors (Lipinski definition) is 1. The maximum atomic E-state index is 5.56. The van der Waals surface area contributed by atoms with Crippen LogP contribution in [0.25, 0.3) is 10.8 Å². The minimum atomic E-state index is 0.422. The van der Waals surface area contributed by atoms with Crippen LogP contribution in [0.5, 0.6) is 0 Å². The number of thiazole rings is 1. The zero-order valence-electron chi connectivity index (χ0n) is 9.58. The van der Waals surface area contributed by atoms with Gasteiger partial charge in [-0.3, -0.25) is 0 Å². The molecule has 0 amide bonds. The lowest BCUT2D eigenvalue weighted by Crippen LogP contribution is -1.99. The Morgan fingerprint density at radius 1 is 1.39 bits per heavy atom. The Morgan fingerprint density at radius 2 is 2.33 bits per heavy atom. The monoisotopic (exact) mass is 278 g/mol. The third kappa shape index (κ3) is 2.27. The normalized spacial score (nSPS) is 10.7. The molecule has 0 aliphatic heterocycles. The second kappa shape index (κ2) is 4.87. The van der Waals surface area contributed by atoms with E-state index in [0.717, 1.165) is 16.1 Å². The number of aromatic nitrogens is 3. The molecule has 7 heteroatoms. The Labute approximate surface area is 112 Å². The number of nitrogens with one attached hydrogen (secondary N) is 1. The van der Waals surface area contributed by atoms with Gasteiger partial charge in [0.2, 0.25) is 0 Å². The highest BCUT2D eigenvalue weighted by Crippen LogP contribution is 2.28. The molecule has 0 aliphatic carbocycles. The Hall–Kier alpha value is -1.73. The van der Waals surface area contributed by atoms with Gasteiger partial charge in [-0.15, -0.1) is 27.8 Å². The van der Waals surface area contributed by atoms with Crippen LogP contribution in [0.4, 0.5) is 6.01 Å². The molecule has 3 aromatic rings. The van der Waals surface area contributed by atoms with Gasteiger partial charge in [-0.1, -0.05) is 5.10 Å². The summed E-state index contributed by atoms with van der Waals surface area (Å²) in [4.78, 5) is 5.19. The Bertz CT molecular complexity index is 629. The Kier molecular flexibility index (Phi) is 3.07. The van der Waals surface area contributed by atoms with E-state index in [1.165, 1.54) is 0 Å². The van der Waals surface area contributed by atoms with Gasteiger partial charge in [0.15, 0.2) is 0 Å². The number of hydrogen-bond acceptors (Lipinski definition) is 7. The van der Waals surface area contributed by atoms with E-state index < -0.39 is 0 Å². The first kappa shape index (κ1) is 11.4. The molecular formula is C11H10N4OS2. The van der Waals surface area contributed by atoms with Crippen molar-refractivity contribution in [2.45, 2.75) is 13.5 Å².